The fraction of sp³-hybridized carbons (Fsp3) is 0.294. The molecule has 0 spiro atoms. The molecule has 0 bridgehead atoms. The van der Waals surface area contributed by atoms with Crippen LogP contribution in [-0.4, -0.2) is 37.3 Å². The molecule has 0 saturated carbocycles. The molecule has 0 unspecified atom stereocenters. The van der Waals surface area contributed by atoms with Crippen molar-refractivity contribution in [2.45, 2.75) is 19.9 Å². The van der Waals surface area contributed by atoms with Crippen LogP contribution < -0.4 is 0 Å². The van der Waals surface area contributed by atoms with E-state index in [1.165, 1.54) is 4.90 Å². The number of amides is 1. The van der Waals surface area contributed by atoms with Gasteiger partial charge in [0.1, 0.15) is 11.6 Å². The van der Waals surface area contributed by atoms with Crippen molar-refractivity contribution in [2.24, 2.45) is 7.05 Å². The number of aryl methyl sites for hydroxylation is 2. The minimum atomic E-state index is -0.875. The molecular formula is C17H15F2N5O2. The van der Waals surface area contributed by atoms with E-state index in [1.807, 2.05) is 7.05 Å². The first-order valence-electron chi connectivity index (χ1n) is 8.04. The van der Waals surface area contributed by atoms with E-state index in [4.69, 9.17) is 4.52 Å². The summed E-state index contributed by atoms with van der Waals surface area (Å²) in [5, 5.41) is 8.20. The second-order valence-corrected chi connectivity index (χ2v) is 6.15. The van der Waals surface area contributed by atoms with E-state index < -0.39 is 17.5 Å². The lowest BCUT2D eigenvalue weighted by molar-refractivity contribution is 0.0728. The first-order valence-corrected chi connectivity index (χ1v) is 8.04. The zero-order valence-corrected chi connectivity index (χ0v) is 14.2. The Hall–Kier alpha value is -3.10. The molecule has 26 heavy (non-hydrogen) atoms. The highest BCUT2D eigenvalue weighted by Gasteiger charge is 2.30. The highest BCUT2D eigenvalue weighted by atomic mass is 19.1. The number of nitrogens with zero attached hydrogens (tertiary/aromatic N) is 5. The van der Waals surface area contributed by atoms with Gasteiger partial charge in [0.2, 0.25) is 0 Å². The van der Waals surface area contributed by atoms with Gasteiger partial charge in [-0.15, -0.1) is 0 Å². The Morgan fingerprint density at radius 1 is 1.31 bits per heavy atom. The van der Waals surface area contributed by atoms with Crippen LogP contribution in [0.3, 0.4) is 0 Å². The van der Waals surface area contributed by atoms with Gasteiger partial charge >= 0.3 is 0 Å². The van der Waals surface area contributed by atoms with Crippen molar-refractivity contribution in [1.29, 1.82) is 0 Å². The Labute approximate surface area is 147 Å². The largest absolute Gasteiger partial charge is 0.334 e. The molecule has 4 rings (SSSR count). The van der Waals surface area contributed by atoms with Crippen LogP contribution in [0.2, 0.25) is 0 Å². The second kappa shape index (κ2) is 6.01. The quantitative estimate of drug-likeness (QED) is 0.701. The first kappa shape index (κ1) is 16.4. The monoisotopic (exact) mass is 359 g/mol. The minimum Gasteiger partial charge on any atom is -0.334 e. The predicted octanol–water partition coefficient (Wildman–Crippen LogP) is 2.26. The fourth-order valence-corrected chi connectivity index (χ4v) is 3.16. The topological polar surface area (TPSA) is 77.0 Å². The van der Waals surface area contributed by atoms with E-state index in [-0.39, 0.29) is 18.0 Å². The summed E-state index contributed by atoms with van der Waals surface area (Å²) in [5.74, 6) is -1.33. The molecule has 3 aromatic rings. The van der Waals surface area contributed by atoms with Gasteiger partial charge in [-0.3, -0.25) is 9.48 Å². The summed E-state index contributed by atoms with van der Waals surface area (Å²) in [6.07, 6.45) is 0.556. The molecule has 7 nitrogen and oxygen atoms in total. The maximum atomic E-state index is 14.0. The van der Waals surface area contributed by atoms with Gasteiger partial charge in [0, 0.05) is 37.3 Å². The van der Waals surface area contributed by atoms with Gasteiger partial charge in [-0.1, -0.05) is 5.16 Å². The first-order chi connectivity index (χ1) is 12.4. The van der Waals surface area contributed by atoms with Crippen LogP contribution in [0.5, 0.6) is 0 Å². The Morgan fingerprint density at radius 2 is 2.12 bits per heavy atom. The molecule has 0 aliphatic carbocycles. The standard InChI is InChI=1S/C17H15F2N5O2/c1-9-20-16(26-22-9)15-12-8-24(6-5-14(12)23(2)21-15)17(25)11-4-3-10(18)7-13(11)19/h3-4,7H,5-6,8H2,1-2H3. The molecule has 0 radical (unpaired) electrons. The summed E-state index contributed by atoms with van der Waals surface area (Å²) in [6.45, 7) is 2.34. The third kappa shape index (κ3) is 2.65. The molecule has 9 heteroatoms. The fourth-order valence-electron chi connectivity index (χ4n) is 3.16. The smallest absolute Gasteiger partial charge is 0.278 e. The molecule has 1 amide bonds. The van der Waals surface area contributed by atoms with Crippen molar-refractivity contribution in [1.82, 2.24) is 24.8 Å². The van der Waals surface area contributed by atoms with Crippen LogP contribution in [0.1, 0.15) is 27.4 Å². The average Bonchev–Trinajstić information content (AvgIpc) is 3.17. The van der Waals surface area contributed by atoms with Crippen LogP contribution in [0.4, 0.5) is 8.78 Å². The Bertz CT molecular complexity index is 1010. The van der Waals surface area contributed by atoms with Gasteiger partial charge in [-0.25, -0.2) is 8.78 Å². The lowest BCUT2D eigenvalue weighted by Crippen LogP contribution is -2.36. The van der Waals surface area contributed by atoms with Gasteiger partial charge in [-0.2, -0.15) is 10.1 Å². The van der Waals surface area contributed by atoms with Crippen LogP contribution >= 0.6 is 0 Å². The van der Waals surface area contributed by atoms with E-state index in [9.17, 15) is 13.6 Å². The third-order valence-corrected chi connectivity index (χ3v) is 4.42. The van der Waals surface area contributed by atoms with Crippen LogP contribution in [0, 0.1) is 18.6 Å². The van der Waals surface area contributed by atoms with Crippen molar-refractivity contribution < 1.29 is 18.1 Å². The number of fused-ring (bicyclic) bond motifs is 1. The minimum absolute atomic E-state index is 0.158. The van der Waals surface area contributed by atoms with E-state index in [0.29, 0.717) is 30.6 Å². The lowest BCUT2D eigenvalue weighted by atomic mass is 10.0. The highest BCUT2D eigenvalue weighted by molar-refractivity contribution is 5.94. The molecule has 134 valence electrons. The predicted molar refractivity (Wildman–Crippen MR) is 86.0 cm³/mol. The molecule has 1 aliphatic heterocycles. The Morgan fingerprint density at radius 3 is 2.81 bits per heavy atom. The summed E-state index contributed by atoms with van der Waals surface area (Å²) >= 11 is 0. The molecule has 1 aromatic carbocycles. The number of aromatic nitrogens is 4. The van der Waals surface area contributed by atoms with Gasteiger partial charge in [0.15, 0.2) is 11.5 Å². The second-order valence-electron chi connectivity index (χ2n) is 6.15. The maximum absolute atomic E-state index is 14.0. The van der Waals surface area contributed by atoms with Gasteiger partial charge in [-0.05, 0) is 19.1 Å². The molecular weight excluding hydrogens is 344 g/mol. The highest BCUT2D eigenvalue weighted by Crippen LogP contribution is 2.29. The van der Waals surface area contributed by atoms with E-state index in [2.05, 4.69) is 15.2 Å². The normalized spacial score (nSPS) is 13.8. The number of rotatable bonds is 2. The Kier molecular flexibility index (Phi) is 3.78. The maximum Gasteiger partial charge on any atom is 0.278 e. The van der Waals surface area contributed by atoms with Crippen LogP contribution in [0.15, 0.2) is 22.7 Å². The van der Waals surface area contributed by atoms with Gasteiger partial charge in [0.05, 0.1) is 12.1 Å². The number of benzene rings is 1. The summed E-state index contributed by atoms with van der Waals surface area (Å²) in [7, 11) is 1.81. The zero-order chi connectivity index (χ0) is 18.4. The van der Waals surface area contributed by atoms with Crippen molar-refractivity contribution in [3.8, 4) is 11.6 Å². The van der Waals surface area contributed by atoms with Gasteiger partial charge < -0.3 is 9.42 Å². The van der Waals surface area contributed by atoms with Gasteiger partial charge in [0.25, 0.3) is 11.8 Å². The molecule has 3 heterocycles. The summed E-state index contributed by atoms with van der Waals surface area (Å²) in [6, 6.07) is 2.94. The molecule has 0 saturated heterocycles. The molecule has 0 N–H and O–H groups in total. The molecule has 0 fully saturated rings. The zero-order valence-electron chi connectivity index (χ0n) is 14.2. The number of hydrogen-bond donors (Lipinski definition) is 0. The van der Waals surface area contributed by atoms with Crippen molar-refractivity contribution in [3.63, 3.8) is 0 Å². The van der Waals surface area contributed by atoms with E-state index >= 15 is 0 Å². The summed E-state index contributed by atoms with van der Waals surface area (Å²) in [4.78, 5) is 18.4. The molecule has 1 aliphatic rings. The van der Waals surface area contributed by atoms with Crippen molar-refractivity contribution in [3.05, 3.63) is 52.5 Å². The third-order valence-electron chi connectivity index (χ3n) is 4.42. The van der Waals surface area contributed by atoms with Crippen molar-refractivity contribution >= 4 is 5.91 Å². The summed E-state index contributed by atoms with van der Waals surface area (Å²) < 4.78 is 34.0. The van der Waals surface area contributed by atoms with Crippen LogP contribution in [-0.2, 0) is 20.0 Å². The SMILES string of the molecule is Cc1noc(-c2nn(C)c3c2CN(C(=O)c2ccc(F)cc2F)CC3)n1. The lowest BCUT2D eigenvalue weighted by Gasteiger charge is -2.27. The number of carbonyl (C=O) groups is 1. The molecule has 2 aromatic heterocycles. The number of hydrogen-bond acceptors (Lipinski definition) is 5. The number of halogens is 2. The van der Waals surface area contributed by atoms with E-state index in [0.717, 1.165) is 23.4 Å². The summed E-state index contributed by atoms with van der Waals surface area (Å²) in [5.41, 5.74) is 2.10. The number of carbonyl (C=O) groups excluding carboxylic acids is 1. The van der Waals surface area contributed by atoms with E-state index in [1.54, 1.807) is 11.6 Å². The Balaban J connectivity index is 1.68. The van der Waals surface area contributed by atoms with Crippen molar-refractivity contribution in [2.75, 3.05) is 6.54 Å². The van der Waals surface area contributed by atoms with Crippen LogP contribution in [0.25, 0.3) is 11.6 Å². The average molecular weight is 359 g/mol. The molecule has 0 atom stereocenters.